The van der Waals surface area contributed by atoms with Crippen molar-refractivity contribution < 1.29 is 13.2 Å². The van der Waals surface area contributed by atoms with Gasteiger partial charge in [-0.1, -0.05) is 41.9 Å². The molecule has 1 saturated heterocycles. The van der Waals surface area contributed by atoms with E-state index < -0.39 is 10.0 Å². The number of carbonyl (C=O) groups excluding carboxylic acids is 1. The standard InChI is InChI=1S/C22H19ClN4O3S2/c23-19-7-3-2-6-18(19)22-25-17(15-31-22)13-21(28)26-9-11-27(12-10-26)32(29,30)20-8-4-1-5-16(20)14-24/h1-8,15H,9-13H2. The molecule has 0 radical (unpaired) electrons. The first kappa shape index (κ1) is 22.4. The normalized spacial score (nSPS) is 14.8. The number of halogens is 1. The van der Waals surface area contributed by atoms with Crippen LogP contribution in [0.15, 0.2) is 58.8 Å². The predicted molar refractivity (Wildman–Crippen MR) is 123 cm³/mol. The molecule has 1 aliphatic heterocycles. The maximum atomic E-state index is 13.0. The van der Waals surface area contributed by atoms with Gasteiger partial charge in [-0.3, -0.25) is 4.79 Å². The van der Waals surface area contributed by atoms with E-state index in [4.69, 9.17) is 11.6 Å². The number of amides is 1. The fraction of sp³-hybridized carbons (Fsp3) is 0.227. The Kier molecular flexibility index (Phi) is 6.58. The molecule has 0 bridgehead atoms. The third kappa shape index (κ3) is 4.54. The van der Waals surface area contributed by atoms with Crippen molar-refractivity contribution in [1.29, 1.82) is 5.26 Å². The second-order valence-corrected chi connectivity index (χ2v) is 10.4. The monoisotopic (exact) mass is 486 g/mol. The number of thiazole rings is 1. The third-order valence-electron chi connectivity index (χ3n) is 5.21. The van der Waals surface area contributed by atoms with Crippen LogP contribution in [0.4, 0.5) is 0 Å². The van der Waals surface area contributed by atoms with Gasteiger partial charge in [0.25, 0.3) is 0 Å². The van der Waals surface area contributed by atoms with Crippen LogP contribution in [0.1, 0.15) is 11.3 Å². The number of nitrogens with zero attached hydrogens (tertiary/aromatic N) is 4. The lowest BCUT2D eigenvalue weighted by molar-refractivity contribution is -0.131. The largest absolute Gasteiger partial charge is 0.340 e. The third-order valence-corrected chi connectivity index (χ3v) is 8.42. The Bertz CT molecular complexity index is 1290. The Morgan fingerprint density at radius 3 is 2.50 bits per heavy atom. The summed E-state index contributed by atoms with van der Waals surface area (Å²) in [4.78, 5) is 18.9. The van der Waals surface area contributed by atoms with Crippen LogP contribution < -0.4 is 0 Å². The van der Waals surface area contributed by atoms with Gasteiger partial charge in [0.05, 0.1) is 27.6 Å². The molecule has 0 saturated carbocycles. The molecule has 32 heavy (non-hydrogen) atoms. The summed E-state index contributed by atoms with van der Waals surface area (Å²) < 4.78 is 27.2. The maximum absolute atomic E-state index is 13.0. The number of benzene rings is 2. The van der Waals surface area contributed by atoms with Crippen molar-refractivity contribution in [1.82, 2.24) is 14.2 Å². The van der Waals surface area contributed by atoms with Gasteiger partial charge in [0.1, 0.15) is 11.1 Å². The van der Waals surface area contributed by atoms with E-state index in [1.165, 1.54) is 27.8 Å². The van der Waals surface area contributed by atoms with Gasteiger partial charge >= 0.3 is 0 Å². The van der Waals surface area contributed by atoms with Gasteiger partial charge in [-0.25, -0.2) is 13.4 Å². The first-order valence-corrected chi connectivity index (χ1v) is 12.6. The zero-order valence-electron chi connectivity index (χ0n) is 16.9. The van der Waals surface area contributed by atoms with Crippen LogP contribution in [0.2, 0.25) is 5.02 Å². The number of piperazine rings is 1. The minimum absolute atomic E-state index is 0.00291. The van der Waals surface area contributed by atoms with Crippen LogP contribution in [0.5, 0.6) is 0 Å². The molecule has 2 heterocycles. The molecule has 4 rings (SSSR count). The summed E-state index contributed by atoms with van der Waals surface area (Å²) in [6.07, 6.45) is 0.144. The molecule has 1 fully saturated rings. The highest BCUT2D eigenvalue weighted by Gasteiger charge is 2.31. The van der Waals surface area contributed by atoms with Gasteiger partial charge in [-0.15, -0.1) is 11.3 Å². The van der Waals surface area contributed by atoms with Gasteiger partial charge in [0, 0.05) is 37.1 Å². The summed E-state index contributed by atoms with van der Waals surface area (Å²) >= 11 is 7.66. The molecule has 0 aliphatic carbocycles. The molecule has 1 aliphatic rings. The summed E-state index contributed by atoms with van der Waals surface area (Å²) in [6, 6.07) is 15.5. The van der Waals surface area contributed by atoms with Crippen LogP contribution in [-0.4, -0.2) is 54.7 Å². The molecule has 164 valence electrons. The molecular weight excluding hydrogens is 468 g/mol. The van der Waals surface area contributed by atoms with E-state index in [1.807, 2.05) is 29.6 Å². The molecule has 3 aromatic rings. The fourth-order valence-electron chi connectivity index (χ4n) is 3.51. The van der Waals surface area contributed by atoms with E-state index in [2.05, 4.69) is 4.98 Å². The van der Waals surface area contributed by atoms with Gasteiger partial charge in [-0.2, -0.15) is 9.57 Å². The SMILES string of the molecule is N#Cc1ccccc1S(=O)(=O)N1CCN(C(=O)Cc2csc(-c3ccccc3Cl)n2)CC1. The number of sulfonamides is 1. The zero-order valence-corrected chi connectivity index (χ0v) is 19.3. The Morgan fingerprint density at radius 2 is 1.78 bits per heavy atom. The highest BCUT2D eigenvalue weighted by atomic mass is 35.5. The Labute approximate surface area is 195 Å². The second kappa shape index (κ2) is 9.38. The molecule has 10 heteroatoms. The molecule has 7 nitrogen and oxygen atoms in total. The first-order valence-electron chi connectivity index (χ1n) is 9.86. The lowest BCUT2D eigenvalue weighted by atomic mass is 10.2. The maximum Gasteiger partial charge on any atom is 0.244 e. The van der Waals surface area contributed by atoms with Crippen molar-refractivity contribution in [3.05, 3.63) is 70.2 Å². The number of hydrogen-bond acceptors (Lipinski definition) is 6. The average molecular weight is 487 g/mol. The Morgan fingerprint density at radius 1 is 1.09 bits per heavy atom. The summed E-state index contributed by atoms with van der Waals surface area (Å²) in [7, 11) is -3.79. The van der Waals surface area contributed by atoms with Crippen LogP contribution in [-0.2, 0) is 21.2 Å². The number of aromatic nitrogens is 1. The molecular formula is C22H19ClN4O3S2. The molecule has 0 spiro atoms. The van der Waals surface area contributed by atoms with Crippen molar-refractivity contribution >= 4 is 38.9 Å². The van der Waals surface area contributed by atoms with Crippen LogP contribution in [0.3, 0.4) is 0 Å². The highest BCUT2D eigenvalue weighted by Crippen LogP contribution is 2.30. The number of hydrogen-bond donors (Lipinski definition) is 0. The quantitative estimate of drug-likeness (QED) is 0.550. The molecule has 1 amide bonds. The number of rotatable bonds is 5. The molecule has 1 aromatic heterocycles. The van der Waals surface area contributed by atoms with E-state index in [1.54, 1.807) is 23.1 Å². The van der Waals surface area contributed by atoms with Crippen molar-refractivity contribution in [3.8, 4) is 16.6 Å². The molecule has 0 N–H and O–H groups in total. The average Bonchev–Trinajstić information content (AvgIpc) is 3.27. The lowest BCUT2D eigenvalue weighted by Crippen LogP contribution is -2.51. The second-order valence-electron chi connectivity index (χ2n) is 7.19. The predicted octanol–water partition coefficient (Wildman–Crippen LogP) is 3.41. The summed E-state index contributed by atoms with van der Waals surface area (Å²) in [5.74, 6) is -0.101. The summed E-state index contributed by atoms with van der Waals surface area (Å²) in [5.41, 5.74) is 1.60. The van der Waals surface area contributed by atoms with Crippen LogP contribution >= 0.6 is 22.9 Å². The van der Waals surface area contributed by atoms with Crippen LogP contribution in [0, 0.1) is 11.3 Å². The molecule has 2 aromatic carbocycles. The fourth-order valence-corrected chi connectivity index (χ4v) is 6.22. The lowest BCUT2D eigenvalue weighted by Gasteiger charge is -2.34. The van der Waals surface area contributed by atoms with Crippen molar-refractivity contribution in [2.75, 3.05) is 26.2 Å². The van der Waals surface area contributed by atoms with E-state index in [-0.39, 0.29) is 49.0 Å². The van der Waals surface area contributed by atoms with Crippen molar-refractivity contribution in [3.63, 3.8) is 0 Å². The minimum atomic E-state index is -3.79. The van der Waals surface area contributed by atoms with E-state index in [9.17, 15) is 18.5 Å². The van der Waals surface area contributed by atoms with Gasteiger partial charge in [0.2, 0.25) is 15.9 Å². The van der Waals surface area contributed by atoms with E-state index in [0.29, 0.717) is 10.7 Å². The van der Waals surface area contributed by atoms with Gasteiger partial charge < -0.3 is 4.90 Å². The smallest absolute Gasteiger partial charge is 0.244 e. The minimum Gasteiger partial charge on any atom is -0.340 e. The zero-order chi connectivity index (χ0) is 22.7. The first-order chi connectivity index (χ1) is 15.4. The highest BCUT2D eigenvalue weighted by molar-refractivity contribution is 7.89. The molecule has 0 unspecified atom stereocenters. The topological polar surface area (TPSA) is 94.4 Å². The van der Waals surface area contributed by atoms with E-state index in [0.717, 1.165) is 10.6 Å². The Hall–Kier alpha value is -2.77. The van der Waals surface area contributed by atoms with Gasteiger partial charge in [-0.05, 0) is 18.2 Å². The summed E-state index contributed by atoms with van der Waals surface area (Å²) in [5, 5.41) is 12.4. The van der Waals surface area contributed by atoms with E-state index >= 15 is 0 Å². The van der Waals surface area contributed by atoms with Crippen molar-refractivity contribution in [2.45, 2.75) is 11.3 Å². The molecule has 0 atom stereocenters. The van der Waals surface area contributed by atoms with Crippen molar-refractivity contribution in [2.24, 2.45) is 0 Å². The number of carbonyl (C=O) groups is 1. The summed E-state index contributed by atoms with van der Waals surface area (Å²) in [6.45, 7) is 0.925. The Balaban J connectivity index is 1.39. The number of nitriles is 1. The van der Waals surface area contributed by atoms with Crippen LogP contribution in [0.25, 0.3) is 10.6 Å². The van der Waals surface area contributed by atoms with Gasteiger partial charge in [0.15, 0.2) is 0 Å².